The van der Waals surface area contributed by atoms with Crippen LogP contribution in [0.5, 0.6) is 0 Å². The summed E-state index contributed by atoms with van der Waals surface area (Å²) in [6.07, 6.45) is -3.03. The zero-order valence-electron chi connectivity index (χ0n) is 11.2. The number of alkyl halides is 3. The van der Waals surface area contributed by atoms with E-state index in [2.05, 4.69) is 15.1 Å². The molecule has 3 heterocycles. The lowest BCUT2D eigenvalue weighted by Crippen LogP contribution is -2.04. The molecule has 0 fully saturated rings. The van der Waals surface area contributed by atoms with Gasteiger partial charge in [-0.25, -0.2) is 4.98 Å². The first-order chi connectivity index (χ1) is 10.4. The van der Waals surface area contributed by atoms with Gasteiger partial charge in [0.25, 0.3) is 5.89 Å². The normalized spacial score (nSPS) is 11.8. The van der Waals surface area contributed by atoms with Gasteiger partial charge in [-0.1, -0.05) is 5.16 Å². The molecule has 9 heteroatoms. The van der Waals surface area contributed by atoms with Crippen molar-refractivity contribution in [3.63, 3.8) is 0 Å². The summed E-state index contributed by atoms with van der Waals surface area (Å²) in [4.78, 5) is 7.98. The van der Waals surface area contributed by atoms with Crippen LogP contribution in [0.1, 0.15) is 11.1 Å². The molecule has 22 heavy (non-hydrogen) atoms. The highest BCUT2D eigenvalue weighted by Gasteiger charge is 2.36. The maximum atomic E-state index is 12.9. The van der Waals surface area contributed by atoms with E-state index in [4.69, 9.17) is 10.3 Å². The molecule has 0 amide bonds. The molecule has 0 aliphatic heterocycles. The monoisotopic (exact) mass is 326 g/mol. The lowest BCUT2D eigenvalue weighted by Gasteiger charge is -2.04. The second-order valence-corrected chi connectivity index (χ2v) is 5.29. The maximum Gasteiger partial charge on any atom is 0.417 e. The van der Waals surface area contributed by atoms with E-state index in [1.807, 2.05) is 0 Å². The molecule has 0 saturated heterocycles. The van der Waals surface area contributed by atoms with Gasteiger partial charge < -0.3 is 10.3 Å². The Morgan fingerprint density at radius 3 is 2.73 bits per heavy atom. The number of pyridine rings is 1. The molecule has 114 valence electrons. The van der Waals surface area contributed by atoms with Gasteiger partial charge in [0.05, 0.1) is 11.1 Å². The smallest absolute Gasteiger partial charge is 0.383 e. The van der Waals surface area contributed by atoms with Crippen molar-refractivity contribution in [3.05, 3.63) is 34.2 Å². The molecule has 3 aromatic rings. The molecule has 0 saturated carbocycles. The van der Waals surface area contributed by atoms with E-state index in [0.717, 1.165) is 22.3 Å². The van der Waals surface area contributed by atoms with Gasteiger partial charge in [0.2, 0.25) is 5.82 Å². The first-order valence-electron chi connectivity index (χ1n) is 6.06. The van der Waals surface area contributed by atoms with Crippen LogP contribution in [-0.2, 0) is 6.18 Å². The predicted molar refractivity (Wildman–Crippen MR) is 75.0 cm³/mol. The van der Waals surface area contributed by atoms with Crippen LogP contribution >= 0.6 is 11.3 Å². The van der Waals surface area contributed by atoms with E-state index in [0.29, 0.717) is 11.4 Å². The van der Waals surface area contributed by atoms with E-state index in [-0.39, 0.29) is 17.3 Å². The van der Waals surface area contributed by atoms with Gasteiger partial charge in [-0.2, -0.15) is 29.5 Å². The van der Waals surface area contributed by atoms with E-state index >= 15 is 0 Å². The molecule has 0 aliphatic carbocycles. The number of thiophene rings is 1. The Morgan fingerprint density at radius 1 is 1.27 bits per heavy atom. The fourth-order valence-electron chi connectivity index (χ4n) is 1.84. The minimum atomic E-state index is -4.47. The Labute approximate surface area is 126 Å². The number of aromatic nitrogens is 3. The van der Waals surface area contributed by atoms with Gasteiger partial charge in [0, 0.05) is 22.5 Å². The van der Waals surface area contributed by atoms with Gasteiger partial charge in [-0.05, 0) is 18.6 Å². The highest BCUT2D eigenvalue weighted by atomic mass is 32.1. The zero-order chi connectivity index (χ0) is 15.9. The minimum absolute atomic E-state index is 0.128. The standard InChI is InChI=1S/C13H9F3N4OS/c1-6-2-7(3-18-10(6)17)11-19-12(21-20-11)8-4-22-5-9(8)13(14,15)16/h2-5H,1H3,(H2,17,18). The predicted octanol–water partition coefficient (Wildman–Crippen LogP) is 3.77. The Hall–Kier alpha value is -2.42. The second kappa shape index (κ2) is 5.09. The van der Waals surface area contributed by atoms with Gasteiger partial charge in [0.15, 0.2) is 0 Å². The van der Waals surface area contributed by atoms with Crippen molar-refractivity contribution in [1.29, 1.82) is 0 Å². The highest BCUT2D eigenvalue weighted by Crippen LogP contribution is 2.39. The number of nitrogens with zero attached hydrogens (tertiary/aromatic N) is 3. The number of rotatable bonds is 2. The molecule has 0 radical (unpaired) electrons. The highest BCUT2D eigenvalue weighted by molar-refractivity contribution is 7.08. The van der Waals surface area contributed by atoms with E-state index in [1.165, 1.54) is 11.6 Å². The molecule has 5 nitrogen and oxygen atoms in total. The minimum Gasteiger partial charge on any atom is -0.383 e. The summed E-state index contributed by atoms with van der Waals surface area (Å²) in [6, 6.07) is 1.69. The van der Waals surface area contributed by atoms with Gasteiger partial charge in [0.1, 0.15) is 5.82 Å². The molecular formula is C13H9F3N4OS. The topological polar surface area (TPSA) is 77.8 Å². The van der Waals surface area contributed by atoms with Crippen LogP contribution in [0.15, 0.2) is 27.5 Å². The number of aryl methyl sites for hydroxylation is 1. The maximum absolute atomic E-state index is 12.9. The van der Waals surface area contributed by atoms with Crippen LogP contribution in [0.2, 0.25) is 0 Å². The SMILES string of the molecule is Cc1cc(-c2noc(-c3cscc3C(F)(F)F)n2)cnc1N. The number of hydrogen-bond acceptors (Lipinski definition) is 6. The van der Waals surface area contributed by atoms with Crippen molar-refractivity contribution in [2.45, 2.75) is 13.1 Å². The van der Waals surface area contributed by atoms with Crippen molar-refractivity contribution in [2.75, 3.05) is 5.73 Å². The molecule has 0 atom stereocenters. The van der Waals surface area contributed by atoms with Crippen LogP contribution in [0, 0.1) is 6.92 Å². The second-order valence-electron chi connectivity index (χ2n) is 4.55. The average molecular weight is 326 g/mol. The lowest BCUT2D eigenvalue weighted by molar-refractivity contribution is -0.136. The molecule has 0 bridgehead atoms. The summed E-state index contributed by atoms with van der Waals surface area (Å²) in [5, 5.41) is 6.04. The molecule has 0 aromatic carbocycles. The quantitative estimate of drug-likeness (QED) is 0.775. The summed E-state index contributed by atoms with van der Waals surface area (Å²) in [5.41, 5.74) is 5.93. The Kier molecular flexibility index (Phi) is 3.36. The molecular weight excluding hydrogens is 317 g/mol. The van der Waals surface area contributed by atoms with E-state index < -0.39 is 11.7 Å². The first kappa shape index (κ1) is 14.5. The van der Waals surface area contributed by atoms with E-state index in [1.54, 1.807) is 13.0 Å². The summed E-state index contributed by atoms with van der Waals surface area (Å²) < 4.78 is 43.6. The Bertz CT molecular complexity index is 825. The van der Waals surface area contributed by atoms with Crippen molar-refractivity contribution in [2.24, 2.45) is 0 Å². The number of halogens is 3. The lowest BCUT2D eigenvalue weighted by atomic mass is 10.2. The van der Waals surface area contributed by atoms with Crippen molar-refractivity contribution in [3.8, 4) is 22.8 Å². The fraction of sp³-hybridized carbons (Fsp3) is 0.154. The van der Waals surface area contributed by atoms with Crippen LogP contribution in [0.25, 0.3) is 22.8 Å². The van der Waals surface area contributed by atoms with Gasteiger partial charge in [-0.3, -0.25) is 0 Å². The number of nitrogen functional groups attached to an aromatic ring is 1. The van der Waals surface area contributed by atoms with Crippen LogP contribution < -0.4 is 5.73 Å². The van der Waals surface area contributed by atoms with Crippen molar-refractivity contribution < 1.29 is 17.7 Å². The molecule has 3 aromatic heterocycles. The van der Waals surface area contributed by atoms with Gasteiger partial charge >= 0.3 is 6.18 Å². The summed E-state index contributed by atoms with van der Waals surface area (Å²) >= 11 is 0.921. The fourth-order valence-corrected chi connectivity index (χ4v) is 2.67. The molecule has 2 N–H and O–H groups in total. The summed E-state index contributed by atoms with van der Waals surface area (Å²) in [5.74, 6) is 0.340. The summed E-state index contributed by atoms with van der Waals surface area (Å²) in [6.45, 7) is 1.76. The van der Waals surface area contributed by atoms with Crippen LogP contribution in [0.4, 0.5) is 19.0 Å². The summed E-state index contributed by atoms with van der Waals surface area (Å²) in [7, 11) is 0. The third kappa shape index (κ3) is 2.54. The molecule has 0 unspecified atom stereocenters. The third-order valence-electron chi connectivity index (χ3n) is 3.00. The Morgan fingerprint density at radius 2 is 2.05 bits per heavy atom. The zero-order valence-corrected chi connectivity index (χ0v) is 12.0. The number of anilines is 1. The molecule has 3 rings (SSSR count). The van der Waals surface area contributed by atoms with Crippen LogP contribution in [-0.4, -0.2) is 15.1 Å². The number of hydrogen-bond donors (Lipinski definition) is 1. The largest absolute Gasteiger partial charge is 0.417 e. The third-order valence-corrected chi connectivity index (χ3v) is 3.74. The Balaban J connectivity index is 2.01. The van der Waals surface area contributed by atoms with E-state index in [9.17, 15) is 13.2 Å². The molecule has 0 aliphatic rings. The van der Waals surface area contributed by atoms with Crippen molar-refractivity contribution in [1.82, 2.24) is 15.1 Å². The average Bonchev–Trinajstić information content (AvgIpc) is 3.08. The first-order valence-corrected chi connectivity index (χ1v) is 7.00. The van der Waals surface area contributed by atoms with Crippen molar-refractivity contribution >= 4 is 17.2 Å². The number of nitrogens with two attached hydrogens (primary N) is 1. The van der Waals surface area contributed by atoms with Gasteiger partial charge in [-0.15, -0.1) is 0 Å². The molecule has 0 spiro atoms. The van der Waals surface area contributed by atoms with Crippen LogP contribution in [0.3, 0.4) is 0 Å².